The molecule has 0 aliphatic carbocycles. The largest absolute Gasteiger partial charge is 0.465 e. The number of carbonyl (C=O) groups excluding carboxylic acids is 1. The van der Waals surface area contributed by atoms with E-state index in [1.807, 2.05) is 0 Å². The van der Waals surface area contributed by atoms with E-state index in [-0.39, 0.29) is 46.5 Å². The van der Waals surface area contributed by atoms with Crippen molar-refractivity contribution in [2.75, 3.05) is 32.8 Å². The monoisotopic (exact) mass is 382 g/mol. The average molecular weight is 382 g/mol. The predicted octanol–water partition coefficient (Wildman–Crippen LogP) is -2.14. The first-order valence-corrected chi connectivity index (χ1v) is 9.38. The molecule has 148 valence electrons. The summed E-state index contributed by atoms with van der Waals surface area (Å²) in [5.41, 5.74) is 10.0. The molecule has 0 unspecified atom stereocenters. The van der Waals surface area contributed by atoms with Crippen LogP contribution in [0.2, 0.25) is 6.32 Å². The molecule has 0 amide bonds. The fourth-order valence-electron chi connectivity index (χ4n) is 2.75. The lowest BCUT2D eigenvalue weighted by Crippen LogP contribution is -2.56. The number of ether oxygens (including phenoxy) is 1. The third kappa shape index (κ3) is 6.48. The Morgan fingerprint density at radius 1 is 1.48 bits per heavy atom. The summed E-state index contributed by atoms with van der Waals surface area (Å²) in [5.74, 6) is -1.14. The van der Waals surface area contributed by atoms with Crippen molar-refractivity contribution in [2.24, 2.45) is 17.4 Å². The van der Waals surface area contributed by atoms with Crippen molar-refractivity contribution in [1.29, 1.82) is 0 Å². The van der Waals surface area contributed by atoms with Gasteiger partial charge in [0.15, 0.2) is 0 Å². The fraction of sp³-hybridized carbons (Fsp3) is 0.923. The zero-order valence-corrected chi connectivity index (χ0v) is 14.7. The van der Waals surface area contributed by atoms with Crippen LogP contribution in [-0.4, -0.2) is 74.2 Å². The molecular formula is C13H31BN4O6S. The molecule has 0 aromatic heterocycles. The van der Waals surface area contributed by atoms with Gasteiger partial charge in [0.2, 0.25) is 0 Å². The maximum absolute atomic E-state index is 12.3. The Morgan fingerprint density at radius 2 is 2.12 bits per heavy atom. The van der Waals surface area contributed by atoms with Crippen LogP contribution in [-0.2, 0) is 19.7 Å². The molecule has 0 radical (unpaired) electrons. The van der Waals surface area contributed by atoms with Crippen LogP contribution in [0.15, 0.2) is 0 Å². The van der Waals surface area contributed by atoms with E-state index >= 15 is 0 Å². The van der Waals surface area contributed by atoms with Gasteiger partial charge in [0.1, 0.15) is 5.54 Å². The zero-order chi connectivity index (χ0) is 18.4. The highest BCUT2D eigenvalue weighted by molar-refractivity contribution is 7.87. The zero-order valence-electron chi connectivity index (χ0n) is 13.8. The Hall–Kier alpha value is -0.755. The lowest BCUT2D eigenvalue weighted by Gasteiger charge is -2.27. The molecule has 1 aliphatic heterocycles. The van der Waals surface area contributed by atoms with E-state index in [0.29, 0.717) is 12.8 Å². The number of hydrogen-bond acceptors (Lipinski definition) is 8. The maximum atomic E-state index is 12.3. The van der Waals surface area contributed by atoms with Gasteiger partial charge in [0.05, 0.1) is 6.61 Å². The van der Waals surface area contributed by atoms with Crippen LogP contribution in [0, 0.1) is 5.92 Å². The van der Waals surface area contributed by atoms with E-state index in [1.54, 1.807) is 6.92 Å². The van der Waals surface area contributed by atoms with E-state index in [4.69, 9.17) is 26.3 Å². The summed E-state index contributed by atoms with van der Waals surface area (Å²) < 4.78 is 33.0. The highest BCUT2D eigenvalue weighted by atomic mass is 32.2. The molecule has 0 aromatic rings. The lowest BCUT2D eigenvalue weighted by molar-refractivity contribution is -0.150. The molecule has 25 heavy (non-hydrogen) atoms. The van der Waals surface area contributed by atoms with Crippen LogP contribution in [0.5, 0.6) is 0 Å². The number of carbonyl (C=O) groups is 1. The SMILES string of the molecule is C.CCOC(=O)[C@]1(N)CN(S(=O)(=O)NCCN)C[C@@H]1CCCB(O)O. The van der Waals surface area contributed by atoms with Crippen LogP contribution in [0.3, 0.4) is 0 Å². The molecule has 7 N–H and O–H groups in total. The van der Waals surface area contributed by atoms with Gasteiger partial charge in [-0.1, -0.05) is 13.8 Å². The summed E-state index contributed by atoms with van der Waals surface area (Å²) in [6.45, 7) is 1.87. The highest BCUT2D eigenvalue weighted by Crippen LogP contribution is 2.32. The third-order valence-corrected chi connectivity index (χ3v) is 5.56. The van der Waals surface area contributed by atoms with E-state index in [1.165, 1.54) is 0 Å². The minimum Gasteiger partial charge on any atom is -0.465 e. The Labute approximate surface area is 150 Å². The standard InChI is InChI=1S/C12H27BN4O6S.CH4/c1-2-23-11(18)12(15)9-17(24(21,22)16-7-6-14)8-10(12)4-3-5-13(19)20;/h10,16,19-20H,2-9,14-15H2,1H3;1H4/t10-,12-;/m0./s1. The summed E-state index contributed by atoms with van der Waals surface area (Å²) in [6.07, 6.45) is 0.883. The van der Waals surface area contributed by atoms with Gasteiger partial charge in [-0.15, -0.1) is 0 Å². The maximum Gasteiger partial charge on any atom is 0.451 e. The lowest BCUT2D eigenvalue weighted by atomic mass is 9.78. The van der Waals surface area contributed by atoms with Gasteiger partial charge in [0, 0.05) is 32.1 Å². The summed E-state index contributed by atoms with van der Waals surface area (Å²) in [5, 5.41) is 17.9. The van der Waals surface area contributed by atoms with Gasteiger partial charge < -0.3 is 26.3 Å². The van der Waals surface area contributed by atoms with Crippen LogP contribution >= 0.6 is 0 Å². The predicted molar refractivity (Wildman–Crippen MR) is 95.6 cm³/mol. The van der Waals surface area contributed by atoms with E-state index < -0.39 is 34.8 Å². The molecule has 10 nitrogen and oxygen atoms in total. The Kier molecular flexibility index (Phi) is 10.1. The topological polar surface area (TPSA) is 168 Å². The molecule has 0 aromatic carbocycles. The fourth-order valence-corrected chi connectivity index (χ4v) is 4.07. The summed E-state index contributed by atoms with van der Waals surface area (Å²) >= 11 is 0. The van der Waals surface area contributed by atoms with Crippen molar-refractivity contribution in [1.82, 2.24) is 9.03 Å². The summed E-state index contributed by atoms with van der Waals surface area (Å²) in [6, 6.07) is 0. The first-order chi connectivity index (χ1) is 11.2. The van der Waals surface area contributed by atoms with Gasteiger partial charge >= 0.3 is 13.1 Å². The average Bonchev–Trinajstić information content (AvgIpc) is 2.85. The van der Waals surface area contributed by atoms with E-state index in [0.717, 1.165) is 4.31 Å². The number of rotatable bonds is 10. The van der Waals surface area contributed by atoms with Crippen molar-refractivity contribution >= 4 is 23.3 Å². The minimum atomic E-state index is -3.80. The first-order valence-electron chi connectivity index (χ1n) is 7.94. The van der Waals surface area contributed by atoms with Gasteiger partial charge in [0.25, 0.3) is 10.2 Å². The molecule has 1 aliphatic rings. The van der Waals surface area contributed by atoms with Crippen molar-refractivity contribution < 1.29 is 28.0 Å². The molecule has 0 saturated carbocycles. The second-order valence-corrected chi connectivity index (χ2v) is 7.61. The van der Waals surface area contributed by atoms with Gasteiger partial charge in [-0.3, -0.25) is 0 Å². The van der Waals surface area contributed by atoms with Gasteiger partial charge in [-0.05, 0) is 19.7 Å². The molecule has 1 rings (SSSR count). The molecule has 2 atom stereocenters. The smallest absolute Gasteiger partial charge is 0.451 e. The number of nitrogens with zero attached hydrogens (tertiary/aromatic N) is 1. The quantitative estimate of drug-likeness (QED) is 0.211. The number of nitrogens with one attached hydrogen (secondary N) is 1. The molecule has 1 saturated heterocycles. The highest BCUT2D eigenvalue weighted by Gasteiger charge is 2.52. The number of nitrogens with two attached hydrogens (primary N) is 2. The number of esters is 1. The van der Waals surface area contributed by atoms with E-state index in [2.05, 4.69) is 4.72 Å². The van der Waals surface area contributed by atoms with Gasteiger partial charge in [-0.25, -0.2) is 9.52 Å². The third-order valence-electron chi connectivity index (χ3n) is 4.03. The normalized spacial score (nSPS) is 24.0. The van der Waals surface area contributed by atoms with Crippen molar-refractivity contribution in [3.63, 3.8) is 0 Å². The molecule has 1 heterocycles. The first kappa shape index (κ1) is 24.2. The molecular weight excluding hydrogens is 351 g/mol. The Morgan fingerprint density at radius 3 is 2.64 bits per heavy atom. The van der Waals surface area contributed by atoms with Crippen molar-refractivity contribution in [3.05, 3.63) is 0 Å². The van der Waals surface area contributed by atoms with Crippen LogP contribution in [0.25, 0.3) is 0 Å². The summed E-state index contributed by atoms with van der Waals surface area (Å²) in [4.78, 5) is 12.3. The van der Waals surface area contributed by atoms with Crippen LogP contribution < -0.4 is 16.2 Å². The minimum absolute atomic E-state index is 0. The molecule has 1 fully saturated rings. The number of hydrogen-bond donors (Lipinski definition) is 5. The van der Waals surface area contributed by atoms with E-state index in [9.17, 15) is 13.2 Å². The molecule has 12 heteroatoms. The van der Waals surface area contributed by atoms with Crippen LogP contribution in [0.1, 0.15) is 27.2 Å². The van der Waals surface area contributed by atoms with Crippen LogP contribution in [0.4, 0.5) is 0 Å². The Balaban J connectivity index is 0.00000576. The molecule has 0 bridgehead atoms. The van der Waals surface area contributed by atoms with Crippen molar-refractivity contribution in [3.8, 4) is 0 Å². The molecule has 0 spiro atoms. The second kappa shape index (κ2) is 10.4. The van der Waals surface area contributed by atoms with Gasteiger partial charge in [-0.2, -0.15) is 12.7 Å². The second-order valence-electron chi connectivity index (χ2n) is 5.85. The Bertz CT molecular complexity index is 521. The van der Waals surface area contributed by atoms with Crippen molar-refractivity contribution in [2.45, 2.75) is 39.1 Å². The summed E-state index contributed by atoms with van der Waals surface area (Å²) in [7, 11) is -5.25.